The molecule has 0 amide bonds. The number of benzene rings is 1. The number of rotatable bonds is 4. The Hall–Kier alpha value is -2.82. The van der Waals surface area contributed by atoms with E-state index in [1.54, 1.807) is 6.20 Å². The molecule has 0 bridgehead atoms. The van der Waals surface area contributed by atoms with Crippen LogP contribution in [0.3, 0.4) is 0 Å². The molecule has 1 aliphatic heterocycles. The van der Waals surface area contributed by atoms with E-state index in [0.717, 1.165) is 29.9 Å². The third kappa shape index (κ3) is 3.68. The van der Waals surface area contributed by atoms with Gasteiger partial charge in [0.25, 0.3) is 5.56 Å². The van der Waals surface area contributed by atoms with Gasteiger partial charge in [0.1, 0.15) is 11.6 Å². The first kappa shape index (κ1) is 17.6. The number of fused-ring (bicyclic) bond motifs is 2. The molecular weight excluding hydrogens is 338 g/mol. The standard InChI is InChI=1S/C22H23N3O2/c1-22(2)9-8-20-24-19-12-15(6-7-18(19)21(27)25(20)14-22)11-17(26)13-16-5-3-4-10-23-16/h3-7,10,12H,8-9,11,13-14H2,1-2H3. The van der Waals surface area contributed by atoms with Crippen LogP contribution in [0, 0.1) is 5.41 Å². The summed E-state index contributed by atoms with van der Waals surface area (Å²) in [6.45, 7) is 5.07. The number of hydrogen-bond acceptors (Lipinski definition) is 4. The maximum atomic E-state index is 12.9. The van der Waals surface area contributed by atoms with E-state index in [4.69, 9.17) is 4.98 Å². The first-order chi connectivity index (χ1) is 12.9. The van der Waals surface area contributed by atoms with Crippen LogP contribution in [0.2, 0.25) is 0 Å². The molecule has 0 saturated heterocycles. The van der Waals surface area contributed by atoms with Crippen molar-refractivity contribution in [3.8, 4) is 0 Å². The lowest BCUT2D eigenvalue weighted by Gasteiger charge is -2.31. The Balaban J connectivity index is 1.61. The van der Waals surface area contributed by atoms with Crippen molar-refractivity contribution >= 4 is 16.7 Å². The van der Waals surface area contributed by atoms with Gasteiger partial charge in [-0.1, -0.05) is 26.0 Å². The van der Waals surface area contributed by atoms with Gasteiger partial charge >= 0.3 is 0 Å². The number of ketones is 1. The van der Waals surface area contributed by atoms with Crippen LogP contribution in [0.15, 0.2) is 47.4 Å². The second-order valence-electron chi connectivity index (χ2n) is 8.15. The lowest BCUT2D eigenvalue weighted by Crippen LogP contribution is -2.36. The second-order valence-corrected chi connectivity index (χ2v) is 8.15. The average molecular weight is 361 g/mol. The maximum absolute atomic E-state index is 12.9. The number of pyridine rings is 1. The number of Topliss-reactive ketones (excluding diaryl/α,β-unsaturated/α-hetero) is 1. The van der Waals surface area contributed by atoms with Crippen molar-refractivity contribution in [1.29, 1.82) is 0 Å². The minimum absolute atomic E-state index is 0.0223. The zero-order valence-electron chi connectivity index (χ0n) is 15.7. The highest BCUT2D eigenvalue weighted by Gasteiger charge is 2.27. The third-order valence-electron chi connectivity index (χ3n) is 5.22. The van der Waals surface area contributed by atoms with Gasteiger partial charge in [0.05, 0.1) is 10.9 Å². The number of aromatic nitrogens is 3. The minimum Gasteiger partial charge on any atom is -0.299 e. The Kier molecular flexibility index (Phi) is 4.38. The molecule has 5 heteroatoms. The smallest absolute Gasteiger partial charge is 0.261 e. The predicted molar refractivity (Wildman–Crippen MR) is 105 cm³/mol. The van der Waals surface area contributed by atoms with Crippen LogP contribution < -0.4 is 5.56 Å². The zero-order valence-corrected chi connectivity index (χ0v) is 15.7. The van der Waals surface area contributed by atoms with Crippen LogP contribution in [0.25, 0.3) is 10.9 Å². The van der Waals surface area contributed by atoms with Crippen molar-refractivity contribution in [1.82, 2.24) is 14.5 Å². The summed E-state index contributed by atoms with van der Waals surface area (Å²) in [6, 6.07) is 11.1. The van der Waals surface area contributed by atoms with Crippen LogP contribution in [0.5, 0.6) is 0 Å². The molecule has 2 aromatic heterocycles. The Morgan fingerprint density at radius 1 is 1.19 bits per heavy atom. The highest BCUT2D eigenvalue weighted by Crippen LogP contribution is 2.29. The van der Waals surface area contributed by atoms with Gasteiger partial charge < -0.3 is 0 Å². The molecule has 0 N–H and O–H groups in total. The fourth-order valence-electron chi connectivity index (χ4n) is 3.73. The summed E-state index contributed by atoms with van der Waals surface area (Å²) in [5, 5.41) is 0.623. The highest BCUT2D eigenvalue weighted by atomic mass is 16.1. The minimum atomic E-state index is 0.0223. The highest BCUT2D eigenvalue weighted by molar-refractivity contribution is 5.85. The molecule has 1 aromatic carbocycles. The Bertz CT molecular complexity index is 1070. The normalized spacial score (nSPS) is 15.5. The molecule has 138 valence electrons. The van der Waals surface area contributed by atoms with E-state index in [2.05, 4.69) is 18.8 Å². The van der Waals surface area contributed by atoms with E-state index in [9.17, 15) is 9.59 Å². The summed E-state index contributed by atoms with van der Waals surface area (Å²) < 4.78 is 1.82. The summed E-state index contributed by atoms with van der Waals surface area (Å²) in [5.74, 6) is 0.952. The van der Waals surface area contributed by atoms with Crippen LogP contribution in [-0.4, -0.2) is 20.3 Å². The van der Waals surface area contributed by atoms with Gasteiger partial charge in [-0.3, -0.25) is 19.1 Å². The number of nitrogens with zero attached hydrogens (tertiary/aromatic N) is 3. The van der Waals surface area contributed by atoms with Crippen molar-refractivity contribution in [2.24, 2.45) is 5.41 Å². The van der Waals surface area contributed by atoms with Crippen LogP contribution in [0.4, 0.5) is 0 Å². The summed E-state index contributed by atoms with van der Waals surface area (Å²) in [6.07, 6.45) is 4.16. The Morgan fingerprint density at radius 2 is 2.04 bits per heavy atom. The summed E-state index contributed by atoms with van der Waals surface area (Å²) in [4.78, 5) is 34.2. The molecule has 0 radical (unpaired) electrons. The molecule has 0 atom stereocenters. The van der Waals surface area contributed by atoms with E-state index in [0.29, 0.717) is 30.3 Å². The molecule has 0 fully saturated rings. The number of carbonyl (C=O) groups excluding carboxylic acids is 1. The molecule has 0 aliphatic carbocycles. The van der Waals surface area contributed by atoms with Crippen molar-refractivity contribution < 1.29 is 4.79 Å². The monoisotopic (exact) mass is 361 g/mol. The fourth-order valence-corrected chi connectivity index (χ4v) is 3.73. The summed E-state index contributed by atoms with van der Waals surface area (Å²) >= 11 is 0. The molecule has 0 saturated carbocycles. The molecule has 0 spiro atoms. The predicted octanol–water partition coefficient (Wildman–Crippen LogP) is 3.12. The van der Waals surface area contributed by atoms with Gasteiger partial charge in [-0.15, -0.1) is 0 Å². The Morgan fingerprint density at radius 3 is 2.81 bits per heavy atom. The van der Waals surface area contributed by atoms with Crippen LogP contribution in [0.1, 0.15) is 37.4 Å². The van der Waals surface area contributed by atoms with Gasteiger partial charge in [-0.05, 0) is 41.7 Å². The van der Waals surface area contributed by atoms with Crippen molar-refractivity contribution in [2.45, 2.75) is 46.1 Å². The van der Waals surface area contributed by atoms with Gasteiger partial charge in [0.15, 0.2) is 0 Å². The first-order valence-electron chi connectivity index (χ1n) is 9.35. The number of carbonyl (C=O) groups is 1. The van der Waals surface area contributed by atoms with Gasteiger partial charge in [0.2, 0.25) is 0 Å². The molecule has 3 heterocycles. The number of aryl methyl sites for hydroxylation is 1. The van der Waals surface area contributed by atoms with E-state index in [-0.39, 0.29) is 16.8 Å². The van der Waals surface area contributed by atoms with Gasteiger partial charge in [0, 0.05) is 37.7 Å². The van der Waals surface area contributed by atoms with Crippen molar-refractivity contribution in [2.75, 3.05) is 0 Å². The second kappa shape index (κ2) is 6.72. The third-order valence-corrected chi connectivity index (χ3v) is 5.22. The quantitative estimate of drug-likeness (QED) is 0.716. The molecule has 27 heavy (non-hydrogen) atoms. The van der Waals surface area contributed by atoms with E-state index in [1.807, 2.05) is 41.0 Å². The van der Waals surface area contributed by atoms with Crippen LogP contribution >= 0.6 is 0 Å². The van der Waals surface area contributed by atoms with Crippen molar-refractivity contribution in [3.63, 3.8) is 0 Å². The molecule has 5 nitrogen and oxygen atoms in total. The fraction of sp³-hybridized carbons (Fsp3) is 0.364. The molecule has 4 rings (SSSR count). The number of hydrogen-bond donors (Lipinski definition) is 0. The Labute approximate surface area is 158 Å². The largest absolute Gasteiger partial charge is 0.299 e. The molecule has 1 aliphatic rings. The van der Waals surface area contributed by atoms with E-state index < -0.39 is 0 Å². The average Bonchev–Trinajstić information content (AvgIpc) is 2.63. The van der Waals surface area contributed by atoms with E-state index >= 15 is 0 Å². The van der Waals surface area contributed by atoms with Crippen molar-refractivity contribution in [3.05, 3.63) is 70.0 Å². The van der Waals surface area contributed by atoms with Gasteiger partial charge in [-0.2, -0.15) is 0 Å². The van der Waals surface area contributed by atoms with Gasteiger partial charge in [-0.25, -0.2) is 4.98 Å². The zero-order chi connectivity index (χ0) is 19.0. The lowest BCUT2D eigenvalue weighted by atomic mass is 9.85. The molecule has 3 aromatic rings. The lowest BCUT2D eigenvalue weighted by molar-refractivity contribution is -0.117. The summed E-state index contributed by atoms with van der Waals surface area (Å²) in [5.41, 5.74) is 2.49. The molecule has 0 unspecified atom stereocenters. The maximum Gasteiger partial charge on any atom is 0.261 e. The molecular formula is C22H23N3O2. The van der Waals surface area contributed by atoms with E-state index in [1.165, 1.54) is 0 Å². The summed E-state index contributed by atoms with van der Waals surface area (Å²) in [7, 11) is 0. The topological polar surface area (TPSA) is 64.8 Å². The van der Waals surface area contributed by atoms with Crippen LogP contribution in [-0.2, 0) is 30.6 Å². The SMILES string of the molecule is CC1(C)CCc2nc3cc(CC(=O)Cc4ccccn4)ccc3c(=O)n2C1. The first-order valence-corrected chi connectivity index (χ1v) is 9.35.